The van der Waals surface area contributed by atoms with Crippen LogP contribution in [-0.4, -0.2) is 80.5 Å². The Morgan fingerprint density at radius 3 is 1.95 bits per heavy atom. The van der Waals surface area contributed by atoms with Crippen molar-refractivity contribution in [2.75, 3.05) is 52.1 Å². The Hall–Kier alpha value is -0.660. The number of amides is 1. The summed E-state index contributed by atoms with van der Waals surface area (Å²) in [5.74, 6) is 0.154. The van der Waals surface area contributed by atoms with Crippen molar-refractivity contribution in [3.63, 3.8) is 0 Å². The molecule has 0 bridgehead atoms. The second kappa shape index (κ2) is 7.95. The summed E-state index contributed by atoms with van der Waals surface area (Å²) in [5.41, 5.74) is 0. The van der Waals surface area contributed by atoms with Crippen LogP contribution in [0.5, 0.6) is 0 Å². The third-order valence-corrected chi connectivity index (χ3v) is 4.80. The Bertz CT molecular complexity index is 397. The van der Waals surface area contributed by atoms with E-state index in [9.17, 15) is 13.2 Å². The zero-order valence-corrected chi connectivity index (χ0v) is 13.7. The largest absolute Gasteiger partial charge is 0.342 e. The Kier molecular flexibility index (Phi) is 6.91. The minimum absolute atomic E-state index is 0.154. The normalized spacial score (nSPS) is 18.1. The maximum Gasteiger partial charge on any atom is 0.236 e. The van der Waals surface area contributed by atoms with E-state index < -0.39 is 10.0 Å². The van der Waals surface area contributed by atoms with Gasteiger partial charge in [-0.25, -0.2) is 8.42 Å². The Balaban J connectivity index is 2.44. The average molecular weight is 305 g/mol. The van der Waals surface area contributed by atoms with Crippen molar-refractivity contribution < 1.29 is 13.2 Å². The lowest BCUT2D eigenvalue weighted by Crippen LogP contribution is -2.51. The standard InChI is InChI=1S/C13H27N3O3S/c1-4-6-15(7-5-2)13(17)12-14-8-10-16(11-9-14)20(3,18)19/h4-12H2,1-3H3. The van der Waals surface area contributed by atoms with Gasteiger partial charge in [-0.1, -0.05) is 13.8 Å². The maximum absolute atomic E-state index is 12.2. The molecule has 0 radical (unpaired) electrons. The molecule has 0 aromatic rings. The lowest BCUT2D eigenvalue weighted by Gasteiger charge is -2.34. The van der Waals surface area contributed by atoms with Crippen LogP contribution in [-0.2, 0) is 14.8 Å². The smallest absolute Gasteiger partial charge is 0.236 e. The van der Waals surface area contributed by atoms with Gasteiger partial charge in [0.15, 0.2) is 0 Å². The van der Waals surface area contributed by atoms with E-state index in [2.05, 4.69) is 13.8 Å². The van der Waals surface area contributed by atoms with Crippen LogP contribution < -0.4 is 0 Å². The molecule has 6 nitrogen and oxygen atoms in total. The quantitative estimate of drug-likeness (QED) is 0.675. The highest BCUT2D eigenvalue weighted by Gasteiger charge is 2.25. The van der Waals surface area contributed by atoms with Crippen molar-refractivity contribution >= 4 is 15.9 Å². The number of carbonyl (C=O) groups is 1. The molecule has 7 heteroatoms. The summed E-state index contributed by atoms with van der Waals surface area (Å²) < 4.78 is 24.3. The zero-order valence-electron chi connectivity index (χ0n) is 12.8. The van der Waals surface area contributed by atoms with Crippen LogP contribution in [0.25, 0.3) is 0 Å². The molecule has 1 aliphatic rings. The van der Waals surface area contributed by atoms with Gasteiger partial charge in [-0.15, -0.1) is 0 Å². The summed E-state index contributed by atoms with van der Waals surface area (Å²) in [6.45, 7) is 8.36. The van der Waals surface area contributed by atoms with Gasteiger partial charge in [0, 0.05) is 39.3 Å². The van der Waals surface area contributed by atoms with Gasteiger partial charge in [0.25, 0.3) is 0 Å². The summed E-state index contributed by atoms with van der Waals surface area (Å²) in [5, 5.41) is 0. The molecular weight excluding hydrogens is 278 g/mol. The first-order valence-corrected chi connectivity index (χ1v) is 9.18. The minimum Gasteiger partial charge on any atom is -0.342 e. The number of nitrogens with zero attached hydrogens (tertiary/aromatic N) is 3. The molecule has 0 unspecified atom stereocenters. The van der Waals surface area contributed by atoms with Gasteiger partial charge in [-0.05, 0) is 12.8 Å². The Labute approximate surface area is 122 Å². The van der Waals surface area contributed by atoms with Crippen LogP contribution in [0.15, 0.2) is 0 Å². The highest BCUT2D eigenvalue weighted by atomic mass is 32.2. The predicted octanol–water partition coefficient (Wildman–Crippen LogP) is 0.212. The Morgan fingerprint density at radius 1 is 1.05 bits per heavy atom. The molecule has 118 valence electrons. The first-order chi connectivity index (χ1) is 9.38. The van der Waals surface area contributed by atoms with Gasteiger partial charge >= 0.3 is 0 Å². The van der Waals surface area contributed by atoms with E-state index in [1.165, 1.54) is 10.6 Å². The van der Waals surface area contributed by atoms with E-state index in [4.69, 9.17) is 0 Å². The summed E-state index contributed by atoms with van der Waals surface area (Å²) in [4.78, 5) is 16.2. The van der Waals surface area contributed by atoms with Gasteiger partial charge in [-0.2, -0.15) is 4.31 Å². The number of piperazine rings is 1. The van der Waals surface area contributed by atoms with Crippen molar-refractivity contribution in [3.05, 3.63) is 0 Å². The highest BCUT2D eigenvalue weighted by molar-refractivity contribution is 7.88. The number of carbonyl (C=O) groups excluding carboxylic acids is 1. The Morgan fingerprint density at radius 2 is 1.55 bits per heavy atom. The molecule has 1 fully saturated rings. The fourth-order valence-corrected chi connectivity index (χ4v) is 3.24. The van der Waals surface area contributed by atoms with Gasteiger partial charge in [-0.3, -0.25) is 9.69 Å². The average Bonchev–Trinajstić information content (AvgIpc) is 2.38. The predicted molar refractivity (Wildman–Crippen MR) is 80.0 cm³/mol. The third kappa shape index (κ3) is 5.38. The van der Waals surface area contributed by atoms with Crippen molar-refractivity contribution in [3.8, 4) is 0 Å². The first kappa shape index (κ1) is 17.4. The van der Waals surface area contributed by atoms with Gasteiger partial charge in [0.05, 0.1) is 12.8 Å². The molecule has 1 saturated heterocycles. The van der Waals surface area contributed by atoms with E-state index in [-0.39, 0.29) is 5.91 Å². The van der Waals surface area contributed by atoms with E-state index >= 15 is 0 Å². The molecular formula is C13H27N3O3S. The number of hydrogen-bond acceptors (Lipinski definition) is 4. The van der Waals surface area contributed by atoms with E-state index in [0.29, 0.717) is 32.7 Å². The molecule has 0 N–H and O–H groups in total. The number of hydrogen-bond donors (Lipinski definition) is 0. The molecule has 1 amide bonds. The van der Waals surface area contributed by atoms with Crippen molar-refractivity contribution in [1.82, 2.24) is 14.1 Å². The second-order valence-corrected chi connectivity index (χ2v) is 7.30. The van der Waals surface area contributed by atoms with Crippen molar-refractivity contribution in [1.29, 1.82) is 0 Å². The lowest BCUT2D eigenvalue weighted by molar-refractivity contribution is -0.132. The summed E-state index contributed by atoms with van der Waals surface area (Å²) in [6.07, 6.45) is 3.17. The molecule has 1 aliphatic heterocycles. The summed E-state index contributed by atoms with van der Waals surface area (Å²) >= 11 is 0. The number of sulfonamides is 1. The molecule has 0 atom stereocenters. The van der Waals surface area contributed by atoms with Crippen molar-refractivity contribution in [2.45, 2.75) is 26.7 Å². The summed E-state index contributed by atoms with van der Waals surface area (Å²) in [6, 6.07) is 0. The first-order valence-electron chi connectivity index (χ1n) is 7.33. The molecule has 0 aromatic carbocycles. The maximum atomic E-state index is 12.2. The fourth-order valence-electron chi connectivity index (χ4n) is 2.41. The van der Waals surface area contributed by atoms with Crippen LogP contribution in [0, 0.1) is 0 Å². The number of rotatable bonds is 7. The van der Waals surface area contributed by atoms with Crippen LogP contribution in [0.2, 0.25) is 0 Å². The molecule has 1 rings (SSSR count). The summed E-state index contributed by atoms with van der Waals surface area (Å²) in [7, 11) is -3.10. The van der Waals surface area contributed by atoms with Crippen LogP contribution in [0.1, 0.15) is 26.7 Å². The van der Waals surface area contributed by atoms with Crippen LogP contribution >= 0.6 is 0 Å². The molecule has 0 aromatic heterocycles. The highest BCUT2D eigenvalue weighted by Crippen LogP contribution is 2.07. The minimum atomic E-state index is -3.10. The van der Waals surface area contributed by atoms with Crippen LogP contribution in [0.3, 0.4) is 0 Å². The molecule has 0 aliphatic carbocycles. The van der Waals surface area contributed by atoms with Crippen molar-refractivity contribution in [2.24, 2.45) is 0 Å². The van der Waals surface area contributed by atoms with E-state index in [1.54, 1.807) is 0 Å². The van der Waals surface area contributed by atoms with Gasteiger partial charge in [0.2, 0.25) is 15.9 Å². The molecule has 1 heterocycles. The van der Waals surface area contributed by atoms with Gasteiger partial charge < -0.3 is 4.90 Å². The second-order valence-electron chi connectivity index (χ2n) is 5.32. The van der Waals surface area contributed by atoms with E-state index in [0.717, 1.165) is 25.9 Å². The third-order valence-electron chi connectivity index (χ3n) is 3.50. The lowest BCUT2D eigenvalue weighted by atomic mass is 10.3. The topological polar surface area (TPSA) is 60.9 Å². The van der Waals surface area contributed by atoms with Crippen LogP contribution in [0.4, 0.5) is 0 Å². The molecule has 20 heavy (non-hydrogen) atoms. The molecule has 0 saturated carbocycles. The SMILES string of the molecule is CCCN(CCC)C(=O)CN1CCN(S(C)(=O)=O)CC1. The van der Waals surface area contributed by atoms with Gasteiger partial charge in [0.1, 0.15) is 0 Å². The monoisotopic (exact) mass is 305 g/mol. The fraction of sp³-hybridized carbons (Fsp3) is 0.923. The van der Waals surface area contributed by atoms with E-state index in [1.807, 2.05) is 9.80 Å². The zero-order chi connectivity index (χ0) is 15.2. The molecule has 0 spiro atoms.